The van der Waals surface area contributed by atoms with E-state index in [9.17, 15) is 22.8 Å². The van der Waals surface area contributed by atoms with Gasteiger partial charge >= 0.3 is 10.6 Å². The first-order chi connectivity index (χ1) is 12.7. The van der Waals surface area contributed by atoms with Crippen molar-refractivity contribution in [2.45, 2.75) is 4.90 Å². The molecule has 0 spiro atoms. The SMILES string of the molecule is Cn1c(=O)sc2cc(NS(=O)(=O)c3ccc4[nH]c(=O)[nH]c(=O)c4c3)ccc21. The van der Waals surface area contributed by atoms with Crippen molar-refractivity contribution in [1.82, 2.24) is 14.5 Å². The topological polar surface area (TPSA) is 134 Å². The highest BCUT2D eigenvalue weighted by molar-refractivity contribution is 7.92. The fraction of sp³-hybridized carbons (Fsp3) is 0.0625. The van der Waals surface area contributed by atoms with Crippen LogP contribution in [-0.4, -0.2) is 23.0 Å². The van der Waals surface area contributed by atoms with Gasteiger partial charge < -0.3 is 9.55 Å². The molecule has 0 saturated carbocycles. The van der Waals surface area contributed by atoms with Crippen molar-refractivity contribution < 1.29 is 8.42 Å². The molecule has 9 nitrogen and oxygen atoms in total. The smallest absolute Gasteiger partial charge is 0.307 e. The van der Waals surface area contributed by atoms with Gasteiger partial charge in [0.1, 0.15) is 0 Å². The first-order valence-corrected chi connectivity index (χ1v) is 9.93. The van der Waals surface area contributed by atoms with E-state index in [1.54, 1.807) is 25.2 Å². The maximum absolute atomic E-state index is 12.7. The molecule has 2 heterocycles. The van der Waals surface area contributed by atoms with Crippen molar-refractivity contribution in [3.05, 3.63) is 66.9 Å². The van der Waals surface area contributed by atoms with E-state index in [2.05, 4.69) is 14.7 Å². The van der Waals surface area contributed by atoms with E-state index >= 15 is 0 Å². The number of thiazole rings is 1. The first-order valence-electron chi connectivity index (χ1n) is 7.63. The molecule has 0 aliphatic heterocycles. The monoisotopic (exact) mass is 404 g/mol. The number of hydrogen-bond acceptors (Lipinski definition) is 6. The van der Waals surface area contributed by atoms with E-state index in [-0.39, 0.29) is 20.7 Å². The third-order valence-electron chi connectivity index (χ3n) is 4.07. The number of aromatic amines is 2. The minimum Gasteiger partial charge on any atom is -0.307 e. The molecule has 0 atom stereocenters. The van der Waals surface area contributed by atoms with Crippen LogP contribution in [0.25, 0.3) is 21.1 Å². The number of anilines is 1. The lowest BCUT2D eigenvalue weighted by Crippen LogP contribution is -2.22. The minimum atomic E-state index is -3.98. The van der Waals surface area contributed by atoms with Crippen LogP contribution in [0.3, 0.4) is 0 Å². The number of sulfonamides is 1. The molecule has 0 unspecified atom stereocenters. The number of rotatable bonds is 3. The lowest BCUT2D eigenvalue weighted by molar-refractivity contribution is 0.601. The molecule has 3 N–H and O–H groups in total. The van der Waals surface area contributed by atoms with E-state index in [0.717, 1.165) is 11.3 Å². The van der Waals surface area contributed by atoms with Crippen LogP contribution in [-0.2, 0) is 17.1 Å². The molecule has 0 bridgehead atoms. The molecule has 2 aromatic carbocycles. The molecular formula is C16H12N4O5S2. The summed E-state index contributed by atoms with van der Waals surface area (Å²) in [5.74, 6) is 0. The Morgan fingerprint density at radius 2 is 1.81 bits per heavy atom. The summed E-state index contributed by atoms with van der Waals surface area (Å²) >= 11 is 1.01. The summed E-state index contributed by atoms with van der Waals surface area (Å²) < 4.78 is 29.9. The Hall–Kier alpha value is -3.18. The Labute approximate surface area is 155 Å². The number of benzene rings is 2. The minimum absolute atomic E-state index is 0.0502. The average Bonchev–Trinajstić information content (AvgIpc) is 2.88. The van der Waals surface area contributed by atoms with Crippen molar-refractivity contribution in [2.75, 3.05) is 4.72 Å². The quantitative estimate of drug-likeness (QED) is 0.467. The van der Waals surface area contributed by atoms with Gasteiger partial charge in [0.2, 0.25) is 0 Å². The van der Waals surface area contributed by atoms with Crippen molar-refractivity contribution >= 4 is 48.2 Å². The van der Waals surface area contributed by atoms with Gasteiger partial charge in [-0.25, -0.2) is 13.2 Å². The van der Waals surface area contributed by atoms with E-state index in [1.165, 1.54) is 22.8 Å². The zero-order chi connectivity index (χ0) is 19.3. The van der Waals surface area contributed by atoms with Gasteiger partial charge in [0, 0.05) is 7.05 Å². The second-order valence-electron chi connectivity index (χ2n) is 5.83. The Balaban J connectivity index is 1.77. The lowest BCUT2D eigenvalue weighted by atomic mass is 10.2. The average molecular weight is 404 g/mol. The van der Waals surface area contributed by atoms with Crippen LogP contribution >= 0.6 is 11.3 Å². The number of nitrogens with one attached hydrogen (secondary N) is 3. The second kappa shape index (κ2) is 5.93. The predicted molar refractivity (Wildman–Crippen MR) is 103 cm³/mol. The van der Waals surface area contributed by atoms with Gasteiger partial charge in [-0.2, -0.15) is 0 Å². The Morgan fingerprint density at radius 3 is 2.59 bits per heavy atom. The third kappa shape index (κ3) is 2.96. The highest BCUT2D eigenvalue weighted by Gasteiger charge is 2.17. The van der Waals surface area contributed by atoms with Crippen LogP contribution in [0.5, 0.6) is 0 Å². The van der Waals surface area contributed by atoms with Crippen LogP contribution in [0.1, 0.15) is 0 Å². The zero-order valence-corrected chi connectivity index (χ0v) is 15.4. The molecule has 0 aliphatic rings. The summed E-state index contributed by atoms with van der Waals surface area (Å²) in [7, 11) is -2.34. The van der Waals surface area contributed by atoms with Gasteiger partial charge in [-0.1, -0.05) is 11.3 Å². The van der Waals surface area contributed by atoms with Crippen LogP contribution in [0, 0.1) is 0 Å². The summed E-state index contributed by atoms with van der Waals surface area (Å²) in [5, 5.41) is 0.0502. The summed E-state index contributed by atoms with van der Waals surface area (Å²) in [6, 6.07) is 8.61. The van der Waals surface area contributed by atoms with Crippen LogP contribution in [0.4, 0.5) is 5.69 Å². The van der Waals surface area contributed by atoms with Gasteiger partial charge in [-0.15, -0.1) is 0 Å². The van der Waals surface area contributed by atoms with Gasteiger partial charge in [0.05, 0.1) is 31.7 Å². The van der Waals surface area contributed by atoms with Gasteiger partial charge in [-0.05, 0) is 36.4 Å². The van der Waals surface area contributed by atoms with Crippen molar-refractivity contribution in [3.8, 4) is 0 Å². The fourth-order valence-corrected chi connectivity index (χ4v) is 4.72. The van der Waals surface area contributed by atoms with Crippen LogP contribution in [0.2, 0.25) is 0 Å². The summed E-state index contributed by atoms with van der Waals surface area (Å²) in [6.45, 7) is 0. The molecule has 0 amide bonds. The van der Waals surface area contributed by atoms with Crippen molar-refractivity contribution in [2.24, 2.45) is 7.05 Å². The number of aromatic nitrogens is 3. The standard InChI is InChI=1S/C16H12N4O5S2/c1-20-12-5-2-8(6-13(12)26-16(20)23)19-27(24,25)9-3-4-11-10(7-9)14(21)18-15(22)17-11/h2-7,19H,1H3,(H2,17,18,21,22). The van der Waals surface area contributed by atoms with Gasteiger partial charge in [0.15, 0.2) is 0 Å². The molecular weight excluding hydrogens is 392 g/mol. The molecule has 27 heavy (non-hydrogen) atoms. The predicted octanol–water partition coefficient (Wildman–Crippen LogP) is 0.931. The highest BCUT2D eigenvalue weighted by atomic mass is 32.2. The number of hydrogen-bond donors (Lipinski definition) is 3. The lowest BCUT2D eigenvalue weighted by Gasteiger charge is -2.09. The maximum atomic E-state index is 12.7. The maximum Gasteiger partial charge on any atom is 0.326 e. The molecule has 4 aromatic rings. The molecule has 0 saturated heterocycles. The largest absolute Gasteiger partial charge is 0.326 e. The number of H-pyrrole nitrogens is 2. The van der Waals surface area contributed by atoms with Gasteiger partial charge in [-0.3, -0.25) is 19.3 Å². The normalized spacial score (nSPS) is 11.9. The Kier molecular flexibility index (Phi) is 3.78. The number of nitrogens with zero attached hydrogens (tertiary/aromatic N) is 1. The molecule has 0 aliphatic carbocycles. The van der Waals surface area contributed by atoms with Gasteiger partial charge in [0.25, 0.3) is 15.6 Å². The van der Waals surface area contributed by atoms with Crippen LogP contribution < -0.4 is 20.8 Å². The number of fused-ring (bicyclic) bond motifs is 2. The second-order valence-corrected chi connectivity index (χ2v) is 8.51. The van der Waals surface area contributed by atoms with E-state index < -0.39 is 21.3 Å². The fourth-order valence-electron chi connectivity index (χ4n) is 2.72. The van der Waals surface area contributed by atoms with Crippen molar-refractivity contribution in [3.63, 3.8) is 0 Å². The molecule has 0 radical (unpaired) electrons. The summed E-state index contributed by atoms with van der Waals surface area (Å²) in [5.41, 5.74) is -0.121. The zero-order valence-electron chi connectivity index (χ0n) is 13.8. The van der Waals surface area contributed by atoms with E-state index in [0.29, 0.717) is 15.9 Å². The third-order valence-corrected chi connectivity index (χ3v) is 6.44. The van der Waals surface area contributed by atoms with E-state index in [1.807, 2.05) is 0 Å². The first kappa shape index (κ1) is 17.2. The van der Waals surface area contributed by atoms with E-state index in [4.69, 9.17) is 0 Å². The Morgan fingerprint density at radius 1 is 1.04 bits per heavy atom. The molecule has 2 aromatic heterocycles. The van der Waals surface area contributed by atoms with Crippen molar-refractivity contribution in [1.29, 1.82) is 0 Å². The molecule has 4 rings (SSSR count). The molecule has 138 valence electrons. The summed E-state index contributed by atoms with van der Waals surface area (Å²) in [4.78, 5) is 39.1. The van der Waals surface area contributed by atoms with Crippen LogP contribution in [0.15, 0.2) is 55.7 Å². The Bertz CT molecular complexity index is 1490. The summed E-state index contributed by atoms with van der Waals surface area (Å²) in [6.07, 6.45) is 0. The highest BCUT2D eigenvalue weighted by Crippen LogP contribution is 2.24. The number of aryl methyl sites for hydroxylation is 1. The molecule has 0 fully saturated rings. The molecule has 11 heteroatoms.